The minimum Gasteiger partial charge on any atom is -0.333 e. The average Bonchev–Trinajstić information content (AvgIpc) is 3.15. The van der Waals surface area contributed by atoms with Crippen LogP contribution >= 0.6 is 27.3 Å². The van der Waals surface area contributed by atoms with Crippen LogP contribution in [0.25, 0.3) is 23.0 Å². The van der Waals surface area contributed by atoms with Crippen molar-refractivity contribution in [1.29, 1.82) is 5.26 Å². The Hall–Kier alpha value is -2.23. The number of rotatable bonds is 3. The molecule has 0 N–H and O–H groups in total. The number of allylic oxidation sites excluding steroid dienone is 1. The molecular formula is C16H10BrN3OS. The van der Waals surface area contributed by atoms with Gasteiger partial charge in [0.2, 0.25) is 5.82 Å². The van der Waals surface area contributed by atoms with Crippen molar-refractivity contribution in [3.8, 4) is 17.5 Å². The van der Waals surface area contributed by atoms with Crippen molar-refractivity contribution in [2.75, 3.05) is 0 Å². The summed E-state index contributed by atoms with van der Waals surface area (Å²) in [5.41, 5.74) is 3.28. The van der Waals surface area contributed by atoms with Crippen LogP contribution in [0.3, 0.4) is 0 Å². The predicted octanol–water partition coefficient (Wildman–Crippen LogP) is 4.93. The summed E-state index contributed by atoms with van der Waals surface area (Å²) >= 11 is 4.95. The van der Waals surface area contributed by atoms with Gasteiger partial charge in [0.15, 0.2) is 0 Å². The SMILES string of the molecule is Cc1ccc(-c2noc(/C(C#N)=C/c3csc(Br)c3)n2)cc1. The van der Waals surface area contributed by atoms with E-state index in [2.05, 4.69) is 32.1 Å². The zero-order valence-electron chi connectivity index (χ0n) is 11.6. The maximum Gasteiger partial charge on any atom is 0.268 e. The van der Waals surface area contributed by atoms with Gasteiger partial charge in [-0.05, 0) is 45.9 Å². The van der Waals surface area contributed by atoms with E-state index in [9.17, 15) is 5.26 Å². The molecule has 0 saturated heterocycles. The molecule has 0 aliphatic heterocycles. The highest BCUT2D eigenvalue weighted by atomic mass is 79.9. The number of hydrogen-bond acceptors (Lipinski definition) is 5. The van der Waals surface area contributed by atoms with Crippen LogP contribution in [-0.4, -0.2) is 10.1 Å². The lowest BCUT2D eigenvalue weighted by molar-refractivity contribution is 0.409. The molecule has 0 bridgehead atoms. The van der Waals surface area contributed by atoms with E-state index in [4.69, 9.17) is 4.52 Å². The van der Waals surface area contributed by atoms with Crippen LogP contribution in [0.15, 0.2) is 44.0 Å². The van der Waals surface area contributed by atoms with Gasteiger partial charge in [0.25, 0.3) is 5.89 Å². The third-order valence-electron chi connectivity index (χ3n) is 2.99. The van der Waals surface area contributed by atoms with E-state index in [1.807, 2.05) is 42.6 Å². The second-order valence-electron chi connectivity index (χ2n) is 4.64. The lowest BCUT2D eigenvalue weighted by atomic mass is 10.1. The number of nitriles is 1. The van der Waals surface area contributed by atoms with Gasteiger partial charge in [-0.15, -0.1) is 11.3 Å². The van der Waals surface area contributed by atoms with Gasteiger partial charge in [-0.1, -0.05) is 35.0 Å². The van der Waals surface area contributed by atoms with Gasteiger partial charge in [-0.25, -0.2) is 0 Å². The van der Waals surface area contributed by atoms with E-state index >= 15 is 0 Å². The van der Waals surface area contributed by atoms with E-state index in [1.54, 1.807) is 17.4 Å². The Morgan fingerprint density at radius 1 is 1.36 bits per heavy atom. The smallest absolute Gasteiger partial charge is 0.268 e. The summed E-state index contributed by atoms with van der Waals surface area (Å²) in [6.45, 7) is 2.01. The molecular weight excluding hydrogens is 362 g/mol. The summed E-state index contributed by atoms with van der Waals surface area (Å²) < 4.78 is 6.22. The summed E-state index contributed by atoms with van der Waals surface area (Å²) in [6, 6.07) is 11.8. The Labute approximate surface area is 139 Å². The Balaban J connectivity index is 1.93. The molecule has 2 aromatic heterocycles. The molecule has 108 valence electrons. The topological polar surface area (TPSA) is 62.7 Å². The fraction of sp³-hybridized carbons (Fsp3) is 0.0625. The molecule has 0 saturated carbocycles. The van der Waals surface area contributed by atoms with Crippen LogP contribution in [0.1, 0.15) is 17.0 Å². The lowest BCUT2D eigenvalue weighted by Gasteiger charge is -1.94. The molecule has 0 radical (unpaired) electrons. The summed E-state index contributed by atoms with van der Waals surface area (Å²) in [6.07, 6.45) is 1.73. The van der Waals surface area contributed by atoms with Crippen LogP contribution in [0, 0.1) is 18.3 Å². The average molecular weight is 372 g/mol. The van der Waals surface area contributed by atoms with Crippen molar-refractivity contribution in [1.82, 2.24) is 10.1 Å². The Kier molecular flexibility index (Phi) is 4.18. The van der Waals surface area contributed by atoms with Crippen molar-refractivity contribution in [2.24, 2.45) is 0 Å². The van der Waals surface area contributed by atoms with Gasteiger partial charge >= 0.3 is 0 Å². The highest BCUT2D eigenvalue weighted by Gasteiger charge is 2.13. The van der Waals surface area contributed by atoms with Crippen molar-refractivity contribution in [3.05, 3.63) is 56.5 Å². The van der Waals surface area contributed by atoms with E-state index in [0.717, 1.165) is 20.5 Å². The number of halogens is 1. The number of aryl methyl sites for hydroxylation is 1. The minimum atomic E-state index is 0.223. The minimum absolute atomic E-state index is 0.223. The first-order valence-electron chi connectivity index (χ1n) is 6.42. The monoisotopic (exact) mass is 371 g/mol. The predicted molar refractivity (Wildman–Crippen MR) is 90.0 cm³/mol. The molecule has 0 aliphatic carbocycles. The van der Waals surface area contributed by atoms with E-state index in [1.165, 1.54) is 0 Å². The normalized spacial score (nSPS) is 11.4. The fourth-order valence-corrected chi connectivity index (χ4v) is 2.99. The molecule has 0 unspecified atom stereocenters. The third-order valence-corrected chi connectivity index (χ3v) is 4.51. The van der Waals surface area contributed by atoms with Gasteiger partial charge in [-0.2, -0.15) is 10.2 Å². The van der Waals surface area contributed by atoms with Crippen LogP contribution in [0.4, 0.5) is 0 Å². The van der Waals surface area contributed by atoms with Crippen molar-refractivity contribution in [2.45, 2.75) is 6.92 Å². The summed E-state index contributed by atoms with van der Waals surface area (Å²) in [5.74, 6) is 0.697. The second kappa shape index (κ2) is 6.26. The molecule has 0 aliphatic rings. The summed E-state index contributed by atoms with van der Waals surface area (Å²) in [5, 5.41) is 15.2. The van der Waals surface area contributed by atoms with Crippen LogP contribution in [0.5, 0.6) is 0 Å². The first-order valence-corrected chi connectivity index (χ1v) is 8.10. The number of benzene rings is 1. The molecule has 2 heterocycles. The Morgan fingerprint density at radius 3 is 2.77 bits per heavy atom. The first-order chi connectivity index (χ1) is 10.7. The molecule has 3 rings (SSSR count). The van der Waals surface area contributed by atoms with E-state index in [-0.39, 0.29) is 5.89 Å². The van der Waals surface area contributed by atoms with Crippen LogP contribution in [0.2, 0.25) is 0 Å². The Bertz CT molecular complexity index is 871. The summed E-state index contributed by atoms with van der Waals surface area (Å²) in [4.78, 5) is 4.31. The van der Waals surface area contributed by atoms with Gasteiger partial charge in [0, 0.05) is 5.56 Å². The fourth-order valence-electron chi connectivity index (χ4n) is 1.86. The maximum atomic E-state index is 9.31. The van der Waals surface area contributed by atoms with Gasteiger partial charge in [0.05, 0.1) is 3.79 Å². The molecule has 0 spiro atoms. The molecule has 0 amide bonds. The zero-order chi connectivity index (χ0) is 15.5. The van der Waals surface area contributed by atoms with E-state index in [0.29, 0.717) is 11.4 Å². The zero-order valence-corrected chi connectivity index (χ0v) is 14.0. The van der Waals surface area contributed by atoms with Gasteiger partial charge in [0.1, 0.15) is 11.6 Å². The number of aromatic nitrogens is 2. The van der Waals surface area contributed by atoms with E-state index < -0.39 is 0 Å². The molecule has 0 fully saturated rings. The van der Waals surface area contributed by atoms with Crippen molar-refractivity contribution >= 4 is 38.9 Å². The highest BCUT2D eigenvalue weighted by Crippen LogP contribution is 2.25. The van der Waals surface area contributed by atoms with Crippen molar-refractivity contribution < 1.29 is 4.52 Å². The molecule has 22 heavy (non-hydrogen) atoms. The largest absolute Gasteiger partial charge is 0.333 e. The lowest BCUT2D eigenvalue weighted by Crippen LogP contribution is -1.84. The first kappa shape index (κ1) is 14.7. The second-order valence-corrected chi connectivity index (χ2v) is 6.93. The maximum absolute atomic E-state index is 9.31. The quantitative estimate of drug-likeness (QED) is 0.612. The molecule has 0 atom stereocenters. The van der Waals surface area contributed by atoms with Crippen LogP contribution in [-0.2, 0) is 0 Å². The standard InChI is InChI=1S/C16H10BrN3OS/c1-10-2-4-12(5-3-10)15-19-16(21-20-15)13(8-18)6-11-7-14(17)22-9-11/h2-7,9H,1H3/b13-6+. The Morgan fingerprint density at radius 2 is 2.14 bits per heavy atom. The summed E-state index contributed by atoms with van der Waals surface area (Å²) in [7, 11) is 0. The third kappa shape index (κ3) is 3.16. The van der Waals surface area contributed by atoms with Crippen molar-refractivity contribution in [3.63, 3.8) is 0 Å². The molecule has 1 aromatic carbocycles. The molecule has 6 heteroatoms. The molecule has 4 nitrogen and oxygen atoms in total. The number of thiophene rings is 1. The number of nitrogens with zero attached hydrogens (tertiary/aromatic N) is 3. The number of hydrogen-bond donors (Lipinski definition) is 0. The van der Waals surface area contributed by atoms with Gasteiger partial charge in [-0.3, -0.25) is 0 Å². The van der Waals surface area contributed by atoms with Gasteiger partial charge < -0.3 is 4.52 Å². The van der Waals surface area contributed by atoms with Crippen LogP contribution < -0.4 is 0 Å². The molecule has 3 aromatic rings. The highest BCUT2D eigenvalue weighted by molar-refractivity contribution is 9.11.